The van der Waals surface area contributed by atoms with Crippen LogP contribution in [0.2, 0.25) is 0 Å². The number of ketones is 1. The third-order valence-electron chi connectivity index (χ3n) is 4.67. The van der Waals surface area contributed by atoms with Crippen LogP contribution in [0, 0.1) is 19.8 Å². The van der Waals surface area contributed by atoms with Crippen molar-refractivity contribution >= 4 is 11.9 Å². The molecule has 6 nitrogen and oxygen atoms in total. The zero-order valence-electron chi connectivity index (χ0n) is 17.3. The predicted molar refractivity (Wildman–Crippen MR) is 106 cm³/mol. The highest BCUT2D eigenvalue weighted by Crippen LogP contribution is 2.36. The van der Waals surface area contributed by atoms with Crippen LogP contribution < -0.4 is 4.74 Å². The van der Waals surface area contributed by atoms with Gasteiger partial charge < -0.3 is 18.8 Å². The Morgan fingerprint density at radius 1 is 1.14 bits per heavy atom. The van der Waals surface area contributed by atoms with Gasteiger partial charge in [-0.1, -0.05) is 6.07 Å². The third-order valence-corrected chi connectivity index (χ3v) is 4.67. The summed E-state index contributed by atoms with van der Waals surface area (Å²) in [5.74, 6) is 1.27. The zero-order chi connectivity index (χ0) is 20.6. The molecular weight excluding hydrogens is 358 g/mol. The lowest BCUT2D eigenvalue weighted by atomic mass is 9.94. The number of Topliss-reactive ketones (excluding diaryl/α,β-unsaturated/α-hetero) is 1. The van der Waals surface area contributed by atoms with Gasteiger partial charge in [-0.3, -0.25) is 4.79 Å². The highest BCUT2D eigenvalue weighted by molar-refractivity contribution is 5.98. The number of methoxy groups -OCH3 is 1. The van der Waals surface area contributed by atoms with Gasteiger partial charge >= 0.3 is 6.09 Å². The van der Waals surface area contributed by atoms with Crippen molar-refractivity contribution in [2.24, 2.45) is 5.92 Å². The van der Waals surface area contributed by atoms with Gasteiger partial charge in [0.2, 0.25) is 5.78 Å². The predicted octanol–water partition coefficient (Wildman–Crippen LogP) is 4.62. The molecule has 0 spiro atoms. The van der Waals surface area contributed by atoms with E-state index in [2.05, 4.69) is 0 Å². The summed E-state index contributed by atoms with van der Waals surface area (Å²) in [4.78, 5) is 26.4. The molecule has 3 rings (SSSR count). The Hall–Kier alpha value is -2.76. The summed E-state index contributed by atoms with van der Waals surface area (Å²) in [6.45, 7) is 10.0. The number of rotatable bonds is 4. The Balaban J connectivity index is 1.72. The molecule has 1 saturated heterocycles. The van der Waals surface area contributed by atoms with Gasteiger partial charge in [0.15, 0.2) is 5.76 Å². The van der Waals surface area contributed by atoms with Crippen molar-refractivity contribution in [2.45, 2.75) is 40.2 Å². The first-order chi connectivity index (χ1) is 13.1. The number of benzene rings is 1. The van der Waals surface area contributed by atoms with E-state index in [1.165, 1.54) is 4.90 Å². The first kappa shape index (κ1) is 20.0. The summed E-state index contributed by atoms with van der Waals surface area (Å²) < 4.78 is 16.7. The highest BCUT2D eigenvalue weighted by atomic mass is 16.6. The molecule has 1 aliphatic rings. The van der Waals surface area contributed by atoms with Crippen LogP contribution in [0.25, 0.3) is 11.3 Å². The zero-order valence-corrected chi connectivity index (χ0v) is 17.3. The number of hydrogen-bond donors (Lipinski definition) is 0. The number of likely N-dealkylation sites (tertiary alicyclic amines) is 1. The number of hydrogen-bond acceptors (Lipinski definition) is 5. The smallest absolute Gasteiger partial charge is 0.410 e. The van der Waals surface area contributed by atoms with Gasteiger partial charge in [0, 0.05) is 13.1 Å². The molecule has 0 unspecified atom stereocenters. The highest BCUT2D eigenvalue weighted by Gasteiger charge is 2.39. The number of ether oxygens (including phenoxy) is 2. The summed E-state index contributed by atoms with van der Waals surface area (Å²) in [5.41, 5.74) is 2.21. The number of nitrogens with zero attached hydrogens (tertiary/aromatic N) is 1. The van der Waals surface area contributed by atoms with E-state index in [0.717, 1.165) is 16.7 Å². The molecule has 0 bridgehead atoms. The van der Waals surface area contributed by atoms with Gasteiger partial charge in [-0.05, 0) is 63.9 Å². The van der Waals surface area contributed by atoms with E-state index in [4.69, 9.17) is 13.9 Å². The topological polar surface area (TPSA) is 69.0 Å². The fraction of sp³-hybridized carbons (Fsp3) is 0.455. The Kier molecular flexibility index (Phi) is 5.24. The molecule has 0 N–H and O–H groups in total. The number of carbonyl (C=O) groups is 2. The van der Waals surface area contributed by atoms with Gasteiger partial charge in [0.1, 0.15) is 17.1 Å². The first-order valence-corrected chi connectivity index (χ1v) is 9.36. The minimum absolute atomic E-state index is 0.0970. The van der Waals surface area contributed by atoms with Crippen LogP contribution in [0.5, 0.6) is 5.75 Å². The largest absolute Gasteiger partial charge is 0.496 e. The van der Waals surface area contributed by atoms with Crippen LogP contribution >= 0.6 is 0 Å². The molecule has 150 valence electrons. The van der Waals surface area contributed by atoms with Gasteiger partial charge in [-0.15, -0.1) is 0 Å². The Labute approximate surface area is 165 Å². The van der Waals surface area contributed by atoms with E-state index in [1.807, 2.05) is 52.8 Å². The van der Waals surface area contributed by atoms with Gasteiger partial charge in [0.25, 0.3) is 0 Å². The SMILES string of the molecule is COc1cc(C)ccc1-c1oc(C(=O)C2CN(C(=O)OC(C)(C)C)C2)cc1C. The van der Waals surface area contributed by atoms with Crippen molar-refractivity contribution in [1.82, 2.24) is 4.90 Å². The lowest BCUT2D eigenvalue weighted by molar-refractivity contribution is 0.00106. The van der Waals surface area contributed by atoms with Crippen molar-refractivity contribution in [2.75, 3.05) is 20.2 Å². The van der Waals surface area contributed by atoms with Crippen LogP contribution in [0.3, 0.4) is 0 Å². The molecule has 1 aliphatic heterocycles. The van der Waals surface area contributed by atoms with Crippen LogP contribution in [0.1, 0.15) is 42.5 Å². The Morgan fingerprint density at radius 2 is 1.82 bits per heavy atom. The van der Waals surface area contributed by atoms with Gasteiger partial charge in [0.05, 0.1) is 18.6 Å². The van der Waals surface area contributed by atoms with Crippen LogP contribution in [0.4, 0.5) is 4.79 Å². The van der Waals surface area contributed by atoms with E-state index in [1.54, 1.807) is 13.2 Å². The van der Waals surface area contributed by atoms with Crippen molar-refractivity contribution in [1.29, 1.82) is 0 Å². The molecule has 1 amide bonds. The van der Waals surface area contributed by atoms with Gasteiger partial charge in [-0.25, -0.2) is 4.79 Å². The first-order valence-electron chi connectivity index (χ1n) is 9.36. The summed E-state index contributed by atoms with van der Waals surface area (Å²) in [6, 6.07) is 7.60. The van der Waals surface area contributed by atoms with Crippen molar-refractivity contribution in [3.05, 3.63) is 41.2 Å². The fourth-order valence-electron chi connectivity index (χ4n) is 3.18. The van der Waals surface area contributed by atoms with Crippen molar-refractivity contribution in [3.63, 3.8) is 0 Å². The fourth-order valence-corrected chi connectivity index (χ4v) is 3.18. The summed E-state index contributed by atoms with van der Waals surface area (Å²) >= 11 is 0. The molecule has 1 aromatic carbocycles. The normalized spacial score (nSPS) is 14.6. The molecule has 0 saturated carbocycles. The quantitative estimate of drug-likeness (QED) is 0.718. The average Bonchev–Trinajstić information content (AvgIpc) is 2.93. The van der Waals surface area contributed by atoms with Crippen LogP contribution in [0.15, 0.2) is 28.7 Å². The lowest BCUT2D eigenvalue weighted by Crippen LogP contribution is -2.54. The Bertz CT molecular complexity index is 900. The molecule has 0 radical (unpaired) electrons. The summed E-state index contributed by atoms with van der Waals surface area (Å²) in [6.07, 6.45) is -0.391. The minimum atomic E-state index is -0.549. The molecular formula is C22H27NO5. The van der Waals surface area contributed by atoms with Crippen LogP contribution in [-0.4, -0.2) is 42.6 Å². The molecule has 0 aliphatic carbocycles. The maximum absolute atomic E-state index is 12.8. The molecule has 6 heteroatoms. The van der Waals surface area contributed by atoms with E-state index < -0.39 is 11.7 Å². The maximum Gasteiger partial charge on any atom is 0.410 e. The van der Waals surface area contributed by atoms with E-state index in [0.29, 0.717) is 30.4 Å². The van der Waals surface area contributed by atoms with E-state index >= 15 is 0 Å². The van der Waals surface area contributed by atoms with Gasteiger partial charge in [-0.2, -0.15) is 0 Å². The number of aryl methyl sites for hydroxylation is 2. The third kappa shape index (κ3) is 4.06. The van der Waals surface area contributed by atoms with Crippen molar-refractivity contribution in [3.8, 4) is 17.1 Å². The lowest BCUT2D eigenvalue weighted by Gasteiger charge is -2.38. The van der Waals surface area contributed by atoms with E-state index in [-0.39, 0.29) is 11.7 Å². The Morgan fingerprint density at radius 3 is 2.43 bits per heavy atom. The monoisotopic (exact) mass is 385 g/mol. The maximum atomic E-state index is 12.8. The molecule has 1 fully saturated rings. The van der Waals surface area contributed by atoms with Crippen molar-refractivity contribution < 1.29 is 23.5 Å². The molecule has 0 atom stereocenters. The molecule has 1 aromatic heterocycles. The molecule has 2 heterocycles. The summed E-state index contributed by atoms with van der Waals surface area (Å²) in [5, 5.41) is 0. The summed E-state index contributed by atoms with van der Waals surface area (Å²) in [7, 11) is 1.61. The number of carbonyl (C=O) groups excluding carboxylic acids is 2. The molecule has 28 heavy (non-hydrogen) atoms. The van der Waals surface area contributed by atoms with Crippen LogP contribution in [-0.2, 0) is 4.74 Å². The second kappa shape index (κ2) is 7.34. The molecule has 2 aromatic rings. The number of furan rings is 1. The number of amides is 1. The second-order valence-corrected chi connectivity index (χ2v) is 8.27. The second-order valence-electron chi connectivity index (χ2n) is 8.27. The minimum Gasteiger partial charge on any atom is -0.496 e. The average molecular weight is 385 g/mol. The standard InChI is InChI=1S/C22H27NO5/c1-13-7-8-16(17(9-13)26-6)20-14(2)10-18(27-20)19(24)15-11-23(12-15)21(25)28-22(3,4)5/h7-10,15H,11-12H2,1-6H3. The van der Waals surface area contributed by atoms with E-state index in [9.17, 15) is 9.59 Å².